The van der Waals surface area contributed by atoms with Gasteiger partial charge in [0, 0.05) is 29.4 Å². The molecule has 142 valence electrons. The van der Waals surface area contributed by atoms with Gasteiger partial charge in [0.15, 0.2) is 5.96 Å². The van der Waals surface area contributed by atoms with Crippen molar-refractivity contribution < 1.29 is 9.53 Å². The first-order chi connectivity index (χ1) is 11.8. The van der Waals surface area contributed by atoms with Crippen molar-refractivity contribution in [2.45, 2.75) is 59.6 Å². The number of thiophene rings is 1. The number of ether oxygens (including phenoxy) is 1. The first-order valence-electron chi connectivity index (χ1n) is 8.90. The lowest BCUT2D eigenvalue weighted by molar-refractivity contribution is 0.0527. The molecule has 0 aliphatic heterocycles. The molecule has 0 saturated heterocycles. The van der Waals surface area contributed by atoms with Gasteiger partial charge >= 0.3 is 6.09 Å². The van der Waals surface area contributed by atoms with Crippen molar-refractivity contribution in [2.75, 3.05) is 19.6 Å². The van der Waals surface area contributed by atoms with Gasteiger partial charge < -0.3 is 20.7 Å². The Morgan fingerprint density at radius 3 is 2.40 bits per heavy atom. The Morgan fingerprint density at radius 2 is 1.80 bits per heavy atom. The lowest BCUT2D eigenvalue weighted by atomic mass is 10.2. The maximum atomic E-state index is 11.6. The van der Waals surface area contributed by atoms with Crippen LogP contribution >= 0.6 is 11.3 Å². The monoisotopic (exact) mass is 368 g/mol. The van der Waals surface area contributed by atoms with Gasteiger partial charge in [-0.05, 0) is 52.7 Å². The highest BCUT2D eigenvalue weighted by Crippen LogP contribution is 2.17. The predicted molar refractivity (Wildman–Crippen MR) is 105 cm³/mol. The zero-order valence-corrected chi connectivity index (χ0v) is 16.9. The van der Waals surface area contributed by atoms with Gasteiger partial charge in [-0.15, -0.1) is 11.3 Å². The van der Waals surface area contributed by atoms with Gasteiger partial charge in [-0.3, -0.25) is 0 Å². The Kier molecular flexibility index (Phi) is 9.34. The Labute approximate surface area is 155 Å². The van der Waals surface area contributed by atoms with Crippen LogP contribution in [-0.2, 0) is 17.7 Å². The van der Waals surface area contributed by atoms with Crippen molar-refractivity contribution in [1.29, 1.82) is 0 Å². The summed E-state index contributed by atoms with van der Waals surface area (Å²) in [7, 11) is 0. The number of aryl methyl sites for hydroxylation is 1. The molecule has 1 aromatic heterocycles. The third-order valence-electron chi connectivity index (χ3n) is 3.12. The van der Waals surface area contributed by atoms with Crippen LogP contribution in [0.15, 0.2) is 17.1 Å². The maximum absolute atomic E-state index is 11.6. The molecular formula is C18H32N4O2S. The summed E-state index contributed by atoms with van der Waals surface area (Å²) in [6.45, 7) is 12.5. The SMILES string of the molecule is CCNC(=NCc1ccc(CC)s1)NCCCNC(=O)OC(C)(C)C. The van der Waals surface area contributed by atoms with E-state index in [0.717, 1.165) is 31.9 Å². The number of nitrogens with zero attached hydrogens (tertiary/aromatic N) is 1. The molecule has 0 bridgehead atoms. The second kappa shape index (κ2) is 11.0. The van der Waals surface area contributed by atoms with Crippen molar-refractivity contribution >= 4 is 23.4 Å². The van der Waals surface area contributed by atoms with E-state index >= 15 is 0 Å². The molecule has 3 N–H and O–H groups in total. The molecule has 1 amide bonds. The summed E-state index contributed by atoms with van der Waals surface area (Å²) in [6.07, 6.45) is 1.48. The fraction of sp³-hybridized carbons (Fsp3) is 0.667. The summed E-state index contributed by atoms with van der Waals surface area (Å²) >= 11 is 1.81. The Bertz CT molecular complexity index is 550. The highest BCUT2D eigenvalue weighted by molar-refractivity contribution is 7.11. The molecular weight excluding hydrogens is 336 g/mol. The third-order valence-corrected chi connectivity index (χ3v) is 4.33. The average Bonchev–Trinajstić information content (AvgIpc) is 2.98. The highest BCUT2D eigenvalue weighted by atomic mass is 32.1. The molecule has 1 heterocycles. The average molecular weight is 369 g/mol. The fourth-order valence-corrected chi connectivity index (χ4v) is 2.88. The first kappa shape index (κ1) is 21.3. The fourth-order valence-electron chi connectivity index (χ4n) is 2.00. The minimum atomic E-state index is -0.466. The summed E-state index contributed by atoms with van der Waals surface area (Å²) in [5.74, 6) is 0.797. The second-order valence-electron chi connectivity index (χ2n) is 6.63. The van der Waals surface area contributed by atoms with Crippen LogP contribution in [0, 0.1) is 0 Å². The number of amides is 1. The molecule has 6 nitrogen and oxygen atoms in total. The van der Waals surface area contributed by atoms with Crippen LogP contribution in [0.4, 0.5) is 4.79 Å². The first-order valence-corrected chi connectivity index (χ1v) is 9.72. The summed E-state index contributed by atoms with van der Waals surface area (Å²) in [6, 6.07) is 4.31. The molecule has 0 radical (unpaired) electrons. The summed E-state index contributed by atoms with van der Waals surface area (Å²) in [4.78, 5) is 18.8. The predicted octanol–water partition coefficient (Wildman–Crippen LogP) is 3.28. The molecule has 1 aromatic rings. The minimum Gasteiger partial charge on any atom is -0.444 e. The number of rotatable bonds is 8. The van der Waals surface area contributed by atoms with Gasteiger partial charge in [-0.1, -0.05) is 6.92 Å². The molecule has 25 heavy (non-hydrogen) atoms. The van der Waals surface area contributed by atoms with Crippen molar-refractivity contribution in [3.05, 3.63) is 21.9 Å². The van der Waals surface area contributed by atoms with Gasteiger partial charge in [0.2, 0.25) is 0 Å². The van der Waals surface area contributed by atoms with E-state index in [2.05, 4.69) is 40.0 Å². The molecule has 0 fully saturated rings. The zero-order chi connectivity index (χ0) is 18.7. The molecule has 0 aliphatic rings. The molecule has 0 spiro atoms. The van der Waals surface area contributed by atoms with Crippen molar-refractivity contribution in [2.24, 2.45) is 4.99 Å². The van der Waals surface area contributed by atoms with Crippen molar-refractivity contribution in [3.8, 4) is 0 Å². The van der Waals surface area contributed by atoms with E-state index in [1.54, 1.807) is 0 Å². The lowest BCUT2D eigenvalue weighted by Gasteiger charge is -2.19. The van der Waals surface area contributed by atoms with Gasteiger partial charge in [0.05, 0.1) is 6.54 Å². The Balaban J connectivity index is 2.30. The van der Waals surface area contributed by atoms with Crippen LogP contribution in [0.25, 0.3) is 0 Å². The Morgan fingerprint density at radius 1 is 1.12 bits per heavy atom. The van der Waals surface area contributed by atoms with Crippen LogP contribution < -0.4 is 16.0 Å². The third kappa shape index (κ3) is 9.96. The number of aliphatic imine (C=N–C) groups is 1. The van der Waals surface area contributed by atoms with Gasteiger partial charge in [-0.2, -0.15) is 0 Å². The van der Waals surface area contributed by atoms with E-state index in [4.69, 9.17) is 4.74 Å². The number of carbonyl (C=O) groups is 1. The number of hydrogen-bond acceptors (Lipinski definition) is 4. The van der Waals surface area contributed by atoms with Crippen LogP contribution in [-0.4, -0.2) is 37.3 Å². The smallest absolute Gasteiger partial charge is 0.407 e. The van der Waals surface area contributed by atoms with Gasteiger partial charge in [0.25, 0.3) is 0 Å². The number of carbonyl (C=O) groups excluding carboxylic acids is 1. The lowest BCUT2D eigenvalue weighted by Crippen LogP contribution is -2.39. The number of guanidine groups is 1. The van der Waals surface area contributed by atoms with Gasteiger partial charge in [-0.25, -0.2) is 9.79 Å². The molecule has 0 aromatic carbocycles. The molecule has 1 rings (SSSR count). The maximum Gasteiger partial charge on any atom is 0.407 e. The van der Waals surface area contributed by atoms with Crippen LogP contribution in [0.1, 0.15) is 50.8 Å². The number of alkyl carbamates (subject to hydrolysis) is 1. The Hall–Kier alpha value is -1.76. The topological polar surface area (TPSA) is 74.8 Å². The van der Waals surface area contributed by atoms with E-state index in [1.807, 2.05) is 39.0 Å². The van der Waals surface area contributed by atoms with E-state index in [1.165, 1.54) is 9.75 Å². The van der Waals surface area contributed by atoms with E-state index in [0.29, 0.717) is 13.1 Å². The van der Waals surface area contributed by atoms with Crippen LogP contribution in [0.2, 0.25) is 0 Å². The highest BCUT2D eigenvalue weighted by Gasteiger charge is 2.15. The van der Waals surface area contributed by atoms with Crippen molar-refractivity contribution in [3.63, 3.8) is 0 Å². The zero-order valence-electron chi connectivity index (χ0n) is 16.1. The second-order valence-corrected chi connectivity index (χ2v) is 7.88. The minimum absolute atomic E-state index is 0.377. The summed E-state index contributed by atoms with van der Waals surface area (Å²) in [5.41, 5.74) is -0.466. The molecule has 0 atom stereocenters. The molecule has 7 heteroatoms. The molecule has 0 aliphatic carbocycles. The quantitative estimate of drug-likeness (QED) is 0.374. The summed E-state index contributed by atoms with van der Waals surface area (Å²) in [5, 5.41) is 9.27. The standard InChI is InChI=1S/C18H32N4O2S/c1-6-14-9-10-15(25-14)13-22-16(19-7-2)20-11-8-12-21-17(23)24-18(3,4)5/h9-10H,6-8,11-13H2,1-5H3,(H,21,23)(H2,19,20,22). The number of hydrogen-bond donors (Lipinski definition) is 3. The summed E-state index contributed by atoms with van der Waals surface area (Å²) < 4.78 is 5.20. The van der Waals surface area contributed by atoms with E-state index < -0.39 is 5.60 Å². The van der Waals surface area contributed by atoms with Gasteiger partial charge in [0.1, 0.15) is 5.60 Å². The van der Waals surface area contributed by atoms with E-state index in [9.17, 15) is 4.79 Å². The largest absolute Gasteiger partial charge is 0.444 e. The van der Waals surface area contributed by atoms with E-state index in [-0.39, 0.29) is 6.09 Å². The van der Waals surface area contributed by atoms with Crippen LogP contribution in [0.5, 0.6) is 0 Å². The number of nitrogens with one attached hydrogen (secondary N) is 3. The molecule has 0 unspecified atom stereocenters. The van der Waals surface area contributed by atoms with Crippen LogP contribution in [0.3, 0.4) is 0 Å². The molecule has 0 saturated carbocycles. The normalized spacial score (nSPS) is 12.0. The van der Waals surface area contributed by atoms with Crippen molar-refractivity contribution in [1.82, 2.24) is 16.0 Å².